The number of aryl methyl sites for hydroxylation is 1. The van der Waals surface area contributed by atoms with Crippen LogP contribution >= 0.6 is 19.1 Å². The second-order valence-corrected chi connectivity index (χ2v) is 7.73. The van der Waals surface area contributed by atoms with E-state index in [0.29, 0.717) is 10.9 Å². The van der Waals surface area contributed by atoms with Gasteiger partial charge in [-0.25, -0.2) is 9.55 Å². The highest BCUT2D eigenvalue weighted by Gasteiger charge is 2.26. The smallest absolute Gasteiger partial charge is 0.412 e. The van der Waals surface area contributed by atoms with Gasteiger partial charge in [0.05, 0.1) is 16.8 Å². The summed E-state index contributed by atoms with van der Waals surface area (Å²) in [4.78, 5) is 4.41. The number of rotatable bonds is 7. The number of nitrogens with zero attached hydrogens (tertiary/aromatic N) is 1. The largest absolute Gasteiger partial charge is 0.476 e. The van der Waals surface area contributed by atoms with Crippen LogP contribution < -0.4 is 15.1 Å². The van der Waals surface area contributed by atoms with E-state index in [2.05, 4.69) is 15.6 Å². The number of nitrogens with one attached hydrogen (secondary N) is 2. The lowest BCUT2D eigenvalue weighted by Crippen LogP contribution is -2.22. The summed E-state index contributed by atoms with van der Waals surface area (Å²) in [6, 6.07) is 15.0. The minimum absolute atomic E-state index is 0.248. The summed E-state index contributed by atoms with van der Waals surface area (Å²) in [5.74, 6) is 0.469. The lowest BCUT2D eigenvalue weighted by Gasteiger charge is -2.19. The van der Waals surface area contributed by atoms with Gasteiger partial charge in [-0.1, -0.05) is 41.2 Å². The number of para-hydroxylation sites is 1. The van der Waals surface area contributed by atoms with E-state index in [4.69, 9.17) is 9.05 Å². The first-order chi connectivity index (χ1) is 11.6. The number of aromatic nitrogens is 1. The predicted molar refractivity (Wildman–Crippen MR) is 97.4 cm³/mol. The quantitative estimate of drug-likeness (QED) is 0.466. The third kappa shape index (κ3) is 4.13. The molecule has 3 rings (SSSR count). The van der Waals surface area contributed by atoms with Crippen LogP contribution in [-0.4, -0.2) is 11.6 Å². The summed E-state index contributed by atoms with van der Waals surface area (Å²) < 4.78 is 24.7. The molecule has 0 saturated heterocycles. The van der Waals surface area contributed by atoms with Crippen LogP contribution in [0.1, 0.15) is 12.5 Å². The first kappa shape index (κ1) is 16.9. The molecule has 0 aliphatic carbocycles. The molecule has 24 heavy (non-hydrogen) atoms. The van der Waals surface area contributed by atoms with Crippen molar-refractivity contribution >= 4 is 34.4 Å². The number of benzene rings is 2. The van der Waals surface area contributed by atoms with Crippen molar-refractivity contribution in [1.82, 2.24) is 10.2 Å². The van der Waals surface area contributed by atoms with Gasteiger partial charge in [-0.15, -0.1) is 5.20 Å². The normalized spacial score (nSPS) is 13.6. The highest BCUT2D eigenvalue weighted by atomic mass is 32.1. The molecule has 2 N–H and O–H groups in total. The molecule has 8 heteroatoms. The van der Waals surface area contributed by atoms with Crippen molar-refractivity contribution < 1.29 is 13.6 Å². The fraction of sp³-hybridized carbons (Fsp3) is 0.188. The third-order valence-electron chi connectivity index (χ3n) is 3.14. The lowest BCUT2D eigenvalue weighted by atomic mass is 10.2. The van der Waals surface area contributed by atoms with Crippen molar-refractivity contribution in [2.45, 2.75) is 13.8 Å². The van der Waals surface area contributed by atoms with Gasteiger partial charge in [0.2, 0.25) is 0 Å². The molecule has 0 radical (unpaired) electrons. The maximum atomic E-state index is 12.8. The van der Waals surface area contributed by atoms with E-state index in [-0.39, 0.29) is 6.61 Å². The summed E-state index contributed by atoms with van der Waals surface area (Å²) in [6.45, 7) is 3.97. The molecule has 2 aromatic carbocycles. The molecule has 6 nitrogen and oxygen atoms in total. The molecule has 126 valence electrons. The SMILES string of the molecule is CCOP(=O)(NNc1nc2ccccc2s1)Oc1ccc(C)cc1. The van der Waals surface area contributed by atoms with Crippen molar-refractivity contribution in [3.63, 3.8) is 0 Å². The Morgan fingerprint density at radius 3 is 2.62 bits per heavy atom. The highest BCUT2D eigenvalue weighted by molar-refractivity contribution is 7.52. The van der Waals surface area contributed by atoms with Gasteiger partial charge >= 0.3 is 7.75 Å². The maximum absolute atomic E-state index is 12.8. The molecule has 1 unspecified atom stereocenters. The van der Waals surface area contributed by atoms with Crippen LogP contribution in [0.25, 0.3) is 10.2 Å². The first-order valence-electron chi connectivity index (χ1n) is 7.48. The Balaban J connectivity index is 1.72. The average molecular weight is 363 g/mol. The molecule has 0 saturated carbocycles. The van der Waals surface area contributed by atoms with Crippen molar-refractivity contribution in [2.24, 2.45) is 0 Å². The van der Waals surface area contributed by atoms with Crippen molar-refractivity contribution in [3.8, 4) is 5.75 Å². The van der Waals surface area contributed by atoms with Crippen molar-refractivity contribution in [3.05, 3.63) is 54.1 Å². The summed E-state index contributed by atoms with van der Waals surface area (Å²) in [6.07, 6.45) is 0. The molecule has 0 spiro atoms. The van der Waals surface area contributed by atoms with E-state index in [0.717, 1.165) is 15.8 Å². The molecule has 0 aliphatic heterocycles. The number of anilines is 1. The number of hydrazine groups is 1. The maximum Gasteiger partial charge on any atom is 0.476 e. The summed E-state index contributed by atoms with van der Waals surface area (Å²) >= 11 is 1.45. The average Bonchev–Trinajstić information content (AvgIpc) is 2.99. The molecule has 1 aromatic heterocycles. The van der Waals surface area contributed by atoms with Crippen LogP contribution in [0, 0.1) is 6.92 Å². The second-order valence-electron chi connectivity index (χ2n) is 5.04. The van der Waals surface area contributed by atoms with Crippen LogP contribution in [0.5, 0.6) is 5.75 Å². The van der Waals surface area contributed by atoms with Gasteiger partial charge in [0.15, 0.2) is 5.13 Å². The van der Waals surface area contributed by atoms with Gasteiger partial charge in [-0.3, -0.25) is 9.95 Å². The van der Waals surface area contributed by atoms with E-state index in [9.17, 15) is 4.57 Å². The fourth-order valence-electron chi connectivity index (χ4n) is 2.03. The molecule has 0 amide bonds. The van der Waals surface area contributed by atoms with Gasteiger partial charge in [-0.2, -0.15) is 0 Å². The molecular weight excluding hydrogens is 345 g/mol. The fourth-order valence-corrected chi connectivity index (χ4v) is 4.07. The molecule has 1 heterocycles. The molecule has 0 fully saturated rings. The Morgan fingerprint density at radius 1 is 1.17 bits per heavy atom. The van der Waals surface area contributed by atoms with E-state index >= 15 is 0 Å². The van der Waals surface area contributed by atoms with Crippen LogP contribution in [0.3, 0.4) is 0 Å². The first-order valence-corrected chi connectivity index (χ1v) is 9.83. The van der Waals surface area contributed by atoms with Gasteiger partial charge in [0.1, 0.15) is 5.75 Å². The number of fused-ring (bicyclic) bond motifs is 1. The lowest BCUT2D eigenvalue weighted by molar-refractivity contribution is 0.271. The third-order valence-corrected chi connectivity index (χ3v) is 5.53. The molecule has 0 aliphatic rings. The molecular formula is C16H18N3O3PS. The summed E-state index contributed by atoms with van der Waals surface area (Å²) in [5.41, 5.74) is 4.80. The molecule has 0 bridgehead atoms. The highest BCUT2D eigenvalue weighted by Crippen LogP contribution is 2.44. The summed E-state index contributed by atoms with van der Waals surface area (Å²) in [5, 5.41) is 3.23. The minimum atomic E-state index is -3.56. The Kier molecular flexibility index (Phi) is 5.16. The van der Waals surface area contributed by atoms with E-state index in [1.54, 1.807) is 19.1 Å². The Bertz CT molecular complexity index is 833. The van der Waals surface area contributed by atoms with Gasteiger partial charge in [0.25, 0.3) is 0 Å². The topological polar surface area (TPSA) is 72.5 Å². The van der Waals surface area contributed by atoms with Crippen LogP contribution in [0.4, 0.5) is 5.13 Å². The van der Waals surface area contributed by atoms with E-state index < -0.39 is 7.75 Å². The van der Waals surface area contributed by atoms with E-state index in [1.807, 2.05) is 43.3 Å². The Labute approximate surface area is 144 Å². The van der Waals surface area contributed by atoms with E-state index in [1.165, 1.54) is 11.3 Å². The predicted octanol–water partition coefficient (Wildman–Crippen LogP) is 4.74. The van der Waals surface area contributed by atoms with Crippen LogP contribution in [-0.2, 0) is 9.09 Å². The number of hydrogen-bond donors (Lipinski definition) is 2. The molecule has 1 atom stereocenters. The second kappa shape index (κ2) is 7.32. The Morgan fingerprint density at radius 2 is 1.92 bits per heavy atom. The van der Waals surface area contributed by atoms with Crippen LogP contribution in [0.15, 0.2) is 48.5 Å². The van der Waals surface area contributed by atoms with Crippen LogP contribution in [0.2, 0.25) is 0 Å². The number of hydrogen-bond acceptors (Lipinski definition) is 6. The zero-order chi connectivity index (χ0) is 17.0. The molecule has 3 aromatic rings. The zero-order valence-corrected chi connectivity index (χ0v) is 15.1. The zero-order valence-electron chi connectivity index (χ0n) is 13.4. The van der Waals surface area contributed by atoms with Crippen molar-refractivity contribution in [2.75, 3.05) is 12.0 Å². The van der Waals surface area contributed by atoms with Gasteiger partial charge < -0.3 is 4.52 Å². The van der Waals surface area contributed by atoms with Crippen molar-refractivity contribution in [1.29, 1.82) is 0 Å². The monoisotopic (exact) mass is 363 g/mol. The Hall–Kier alpha value is -1.92. The minimum Gasteiger partial charge on any atom is -0.412 e. The summed E-state index contributed by atoms with van der Waals surface area (Å²) in [7, 11) is -3.56. The number of thiazole rings is 1. The standard InChI is InChI=1S/C16H18N3O3PS/c1-3-21-23(20,22-13-10-8-12(2)9-11-13)19-18-16-17-14-6-4-5-7-15(14)24-16/h4-11H,3H2,1-2H3,(H,17,18)(H,19,20). The van der Waals surface area contributed by atoms with Gasteiger partial charge in [0, 0.05) is 0 Å². The van der Waals surface area contributed by atoms with Gasteiger partial charge in [-0.05, 0) is 38.1 Å².